The highest BCUT2D eigenvalue weighted by atomic mass is 32.2. The van der Waals surface area contributed by atoms with Crippen LogP contribution in [0.4, 0.5) is 0 Å². The van der Waals surface area contributed by atoms with Crippen LogP contribution in [0.3, 0.4) is 0 Å². The third-order valence-corrected chi connectivity index (χ3v) is 5.51. The van der Waals surface area contributed by atoms with E-state index in [-0.39, 0.29) is 5.54 Å². The largest absolute Gasteiger partial charge is 0.302 e. The smallest absolute Gasteiger partial charge is 0.107 e. The van der Waals surface area contributed by atoms with Gasteiger partial charge in [0.15, 0.2) is 0 Å². The Balaban J connectivity index is 2.54. The molecule has 0 aliphatic heterocycles. The standard InChI is InChI=1S/C13H24N2S/c1-10(2)11(3)16-12-6-5-7-13(8-12,9-14)15-4/h10-12,15H,5-8H2,1-4H3. The second-order valence-corrected chi connectivity index (χ2v) is 6.93. The minimum Gasteiger partial charge on any atom is -0.302 e. The second kappa shape index (κ2) is 5.93. The van der Waals surface area contributed by atoms with Gasteiger partial charge in [0.05, 0.1) is 6.07 Å². The van der Waals surface area contributed by atoms with Gasteiger partial charge in [-0.2, -0.15) is 17.0 Å². The molecule has 0 aromatic carbocycles. The van der Waals surface area contributed by atoms with Crippen molar-refractivity contribution in [1.82, 2.24) is 5.32 Å². The number of nitrogens with one attached hydrogen (secondary N) is 1. The quantitative estimate of drug-likeness (QED) is 0.820. The molecular weight excluding hydrogens is 216 g/mol. The maximum absolute atomic E-state index is 9.28. The van der Waals surface area contributed by atoms with Crippen LogP contribution in [0.1, 0.15) is 46.5 Å². The summed E-state index contributed by atoms with van der Waals surface area (Å²) in [5, 5.41) is 13.8. The van der Waals surface area contributed by atoms with Crippen LogP contribution >= 0.6 is 11.8 Å². The highest BCUT2D eigenvalue weighted by Crippen LogP contribution is 2.37. The van der Waals surface area contributed by atoms with Crippen molar-refractivity contribution in [3.63, 3.8) is 0 Å². The van der Waals surface area contributed by atoms with Crippen molar-refractivity contribution in [2.45, 2.75) is 62.5 Å². The molecule has 1 aliphatic carbocycles. The Kier molecular flexibility index (Phi) is 5.14. The highest BCUT2D eigenvalue weighted by molar-refractivity contribution is 8.00. The van der Waals surface area contributed by atoms with E-state index in [2.05, 4.69) is 43.9 Å². The first-order valence-corrected chi connectivity index (χ1v) is 7.23. The lowest BCUT2D eigenvalue weighted by atomic mass is 9.83. The van der Waals surface area contributed by atoms with Crippen LogP contribution in [0.25, 0.3) is 0 Å². The maximum atomic E-state index is 9.28. The fourth-order valence-corrected chi connectivity index (χ4v) is 3.79. The number of nitriles is 1. The van der Waals surface area contributed by atoms with Gasteiger partial charge in [-0.3, -0.25) is 0 Å². The molecule has 1 fully saturated rings. The van der Waals surface area contributed by atoms with Crippen LogP contribution < -0.4 is 5.32 Å². The van der Waals surface area contributed by atoms with Crippen LogP contribution in [0, 0.1) is 17.2 Å². The van der Waals surface area contributed by atoms with Crippen molar-refractivity contribution in [2.75, 3.05) is 7.05 Å². The molecule has 0 heterocycles. The molecule has 3 heteroatoms. The molecule has 0 amide bonds. The van der Waals surface area contributed by atoms with Crippen molar-refractivity contribution in [2.24, 2.45) is 5.92 Å². The van der Waals surface area contributed by atoms with Gasteiger partial charge in [0.2, 0.25) is 0 Å². The van der Waals surface area contributed by atoms with Crippen LogP contribution in [-0.4, -0.2) is 23.1 Å². The minimum atomic E-state index is -0.257. The molecule has 16 heavy (non-hydrogen) atoms. The summed E-state index contributed by atoms with van der Waals surface area (Å²) in [6, 6.07) is 2.48. The summed E-state index contributed by atoms with van der Waals surface area (Å²) >= 11 is 2.07. The molecule has 3 unspecified atom stereocenters. The van der Waals surface area contributed by atoms with E-state index in [4.69, 9.17) is 0 Å². The average Bonchev–Trinajstić information content (AvgIpc) is 2.29. The number of nitrogens with zero attached hydrogens (tertiary/aromatic N) is 1. The topological polar surface area (TPSA) is 35.8 Å². The predicted octanol–water partition coefficient (Wildman–Crippen LogP) is 3.19. The van der Waals surface area contributed by atoms with Crippen molar-refractivity contribution in [3.05, 3.63) is 0 Å². The third-order valence-electron chi connectivity index (χ3n) is 3.74. The highest BCUT2D eigenvalue weighted by Gasteiger charge is 2.36. The van der Waals surface area contributed by atoms with Crippen LogP contribution in [0.2, 0.25) is 0 Å². The van der Waals surface area contributed by atoms with Crippen molar-refractivity contribution < 1.29 is 0 Å². The molecule has 0 bridgehead atoms. The van der Waals surface area contributed by atoms with E-state index in [1.165, 1.54) is 12.8 Å². The molecule has 2 nitrogen and oxygen atoms in total. The van der Waals surface area contributed by atoms with Gasteiger partial charge >= 0.3 is 0 Å². The first kappa shape index (κ1) is 13.9. The average molecular weight is 240 g/mol. The summed E-state index contributed by atoms with van der Waals surface area (Å²) < 4.78 is 0. The molecule has 92 valence electrons. The zero-order chi connectivity index (χ0) is 12.2. The van der Waals surface area contributed by atoms with Gasteiger partial charge in [-0.15, -0.1) is 0 Å². The Hall–Kier alpha value is -0.200. The minimum absolute atomic E-state index is 0.257. The first-order valence-electron chi connectivity index (χ1n) is 6.28. The Morgan fingerprint density at radius 2 is 2.12 bits per heavy atom. The summed E-state index contributed by atoms with van der Waals surface area (Å²) in [6.45, 7) is 6.85. The molecule has 0 aromatic heterocycles. The van der Waals surface area contributed by atoms with E-state index in [1.54, 1.807) is 0 Å². The van der Waals surface area contributed by atoms with Gasteiger partial charge < -0.3 is 5.32 Å². The van der Waals surface area contributed by atoms with Crippen LogP contribution in [0.15, 0.2) is 0 Å². The Bertz CT molecular complexity index is 259. The van der Waals surface area contributed by atoms with Crippen LogP contribution in [0.5, 0.6) is 0 Å². The van der Waals surface area contributed by atoms with Gasteiger partial charge in [0.1, 0.15) is 5.54 Å². The van der Waals surface area contributed by atoms with Crippen molar-refractivity contribution >= 4 is 11.8 Å². The summed E-state index contributed by atoms with van der Waals surface area (Å²) in [4.78, 5) is 0. The molecule has 1 saturated carbocycles. The molecule has 1 aliphatic rings. The van der Waals surface area contributed by atoms with E-state index >= 15 is 0 Å². The van der Waals surface area contributed by atoms with Gasteiger partial charge in [-0.25, -0.2) is 0 Å². The Labute approximate surface area is 104 Å². The summed E-state index contributed by atoms with van der Waals surface area (Å²) in [7, 11) is 1.92. The lowest BCUT2D eigenvalue weighted by Crippen LogP contribution is -2.46. The lowest BCUT2D eigenvalue weighted by molar-refractivity contribution is 0.322. The third kappa shape index (κ3) is 3.40. The predicted molar refractivity (Wildman–Crippen MR) is 71.6 cm³/mol. The fourth-order valence-electron chi connectivity index (χ4n) is 2.19. The second-order valence-electron chi connectivity index (χ2n) is 5.25. The number of hydrogen-bond donors (Lipinski definition) is 1. The molecular formula is C13H24N2S. The van der Waals surface area contributed by atoms with Crippen molar-refractivity contribution in [1.29, 1.82) is 5.26 Å². The molecule has 0 saturated heterocycles. The normalized spacial score (nSPS) is 32.4. The van der Waals surface area contributed by atoms with E-state index in [0.717, 1.165) is 18.8 Å². The van der Waals surface area contributed by atoms with E-state index in [9.17, 15) is 5.26 Å². The molecule has 1 rings (SSSR count). The lowest BCUT2D eigenvalue weighted by Gasteiger charge is -2.36. The SMILES string of the molecule is CNC1(C#N)CCCC(SC(C)C(C)C)C1. The molecule has 0 spiro atoms. The monoisotopic (exact) mass is 240 g/mol. The first-order chi connectivity index (χ1) is 7.53. The van der Waals surface area contributed by atoms with Gasteiger partial charge in [-0.1, -0.05) is 20.8 Å². The summed E-state index contributed by atoms with van der Waals surface area (Å²) in [6.07, 6.45) is 4.46. The Morgan fingerprint density at radius 3 is 2.62 bits per heavy atom. The molecule has 3 atom stereocenters. The van der Waals surface area contributed by atoms with Crippen molar-refractivity contribution in [3.8, 4) is 6.07 Å². The molecule has 0 radical (unpaired) electrons. The summed E-state index contributed by atoms with van der Waals surface area (Å²) in [5.41, 5.74) is -0.257. The summed E-state index contributed by atoms with van der Waals surface area (Å²) in [5.74, 6) is 0.720. The van der Waals surface area contributed by atoms with Gasteiger partial charge in [-0.05, 0) is 38.6 Å². The molecule has 1 N–H and O–H groups in total. The zero-order valence-corrected chi connectivity index (χ0v) is 11.7. The van der Waals surface area contributed by atoms with Gasteiger partial charge in [0.25, 0.3) is 0 Å². The Morgan fingerprint density at radius 1 is 1.44 bits per heavy atom. The number of hydrogen-bond acceptors (Lipinski definition) is 3. The van der Waals surface area contributed by atoms with Crippen LogP contribution in [-0.2, 0) is 0 Å². The fraction of sp³-hybridized carbons (Fsp3) is 0.923. The van der Waals surface area contributed by atoms with E-state index in [0.29, 0.717) is 10.5 Å². The zero-order valence-electron chi connectivity index (χ0n) is 10.9. The number of rotatable bonds is 4. The van der Waals surface area contributed by atoms with Gasteiger partial charge in [0, 0.05) is 10.5 Å². The maximum Gasteiger partial charge on any atom is 0.107 e. The van der Waals surface area contributed by atoms with E-state index in [1.807, 2.05) is 7.05 Å². The number of thioether (sulfide) groups is 1. The van der Waals surface area contributed by atoms with E-state index < -0.39 is 0 Å². The molecule has 0 aromatic rings.